The first-order valence-electron chi connectivity index (χ1n) is 8.53. The van der Waals surface area contributed by atoms with Crippen LogP contribution < -0.4 is 10.5 Å². The summed E-state index contributed by atoms with van der Waals surface area (Å²) in [6, 6.07) is 7.57. The van der Waals surface area contributed by atoms with Gasteiger partial charge in [0.25, 0.3) is 0 Å². The molecule has 1 aromatic carbocycles. The van der Waals surface area contributed by atoms with Crippen molar-refractivity contribution in [2.75, 3.05) is 0 Å². The number of hydrogen-bond acceptors (Lipinski definition) is 7. The molecule has 1 aliphatic rings. The number of halogens is 1. The molecule has 3 heterocycles. The first-order chi connectivity index (χ1) is 13.3. The van der Waals surface area contributed by atoms with Crippen LogP contribution in [0.1, 0.15) is 18.4 Å². The number of nitrogens with zero attached hydrogens (tertiary/aromatic N) is 5. The molecule has 4 rings (SSSR count). The van der Waals surface area contributed by atoms with Crippen molar-refractivity contribution in [1.82, 2.24) is 19.3 Å². The summed E-state index contributed by atoms with van der Waals surface area (Å²) in [7, 11) is 0. The summed E-state index contributed by atoms with van der Waals surface area (Å²) in [6.07, 6.45) is 2.43. The molecule has 1 unspecified atom stereocenters. The minimum absolute atomic E-state index is 0.132. The summed E-state index contributed by atoms with van der Waals surface area (Å²) >= 11 is 5.87. The van der Waals surface area contributed by atoms with Crippen molar-refractivity contribution in [2.24, 2.45) is 0 Å². The van der Waals surface area contributed by atoms with E-state index in [0.717, 1.165) is 5.56 Å². The molecule has 0 radical (unpaired) electrons. The minimum atomic E-state index is -0.814. The molecule has 0 saturated carbocycles. The van der Waals surface area contributed by atoms with Gasteiger partial charge >= 0.3 is 17.6 Å². The van der Waals surface area contributed by atoms with Crippen molar-refractivity contribution < 1.29 is 14.1 Å². The van der Waals surface area contributed by atoms with E-state index in [1.807, 2.05) is 12.1 Å². The highest BCUT2D eigenvalue weighted by Gasteiger charge is 2.41. The van der Waals surface area contributed by atoms with Gasteiger partial charge < -0.3 is 19.3 Å². The first-order valence-corrected chi connectivity index (χ1v) is 8.91. The van der Waals surface area contributed by atoms with Crippen molar-refractivity contribution in [1.29, 1.82) is 0 Å². The second kappa shape index (κ2) is 6.79. The third kappa shape index (κ3) is 3.63. The molecule has 0 amide bonds. The van der Waals surface area contributed by atoms with Gasteiger partial charge in [0.1, 0.15) is 11.8 Å². The zero-order valence-corrected chi connectivity index (χ0v) is 15.6. The number of benzene rings is 1. The topological polar surface area (TPSA) is 118 Å². The predicted molar refractivity (Wildman–Crippen MR) is 97.5 cm³/mol. The van der Waals surface area contributed by atoms with Gasteiger partial charge in [0.2, 0.25) is 5.89 Å². The summed E-state index contributed by atoms with van der Waals surface area (Å²) in [5, 5.41) is 15.7. The Balaban J connectivity index is 1.42. The molecule has 0 saturated heterocycles. The van der Waals surface area contributed by atoms with Crippen LogP contribution in [0, 0.1) is 10.1 Å². The number of hydrogen-bond donors (Lipinski definition) is 0. The van der Waals surface area contributed by atoms with Crippen molar-refractivity contribution >= 4 is 17.4 Å². The lowest BCUT2D eigenvalue weighted by Gasteiger charge is -2.20. The summed E-state index contributed by atoms with van der Waals surface area (Å²) in [5.74, 6) is -0.526. The highest BCUT2D eigenvalue weighted by Crippen LogP contribution is 2.31. The zero-order chi connectivity index (χ0) is 19.9. The highest BCUT2D eigenvalue weighted by molar-refractivity contribution is 6.30. The van der Waals surface area contributed by atoms with Gasteiger partial charge in [-0.2, -0.15) is 4.68 Å². The Labute approximate surface area is 163 Å². The van der Waals surface area contributed by atoms with Crippen LogP contribution in [0.3, 0.4) is 0 Å². The fourth-order valence-electron chi connectivity index (χ4n) is 3.13. The van der Waals surface area contributed by atoms with Crippen LogP contribution in [0.25, 0.3) is 0 Å². The first kappa shape index (κ1) is 18.2. The number of ether oxygens (including phenoxy) is 1. The summed E-state index contributed by atoms with van der Waals surface area (Å²) < 4.78 is 13.7. The quantitative estimate of drug-likeness (QED) is 0.455. The standard InChI is InChI=1S/C17H16ClN5O5/c1-17(9-21-8-13(23(25)26)19-15(21)28-17)10-22-16(24)27-14(20-22)7-4-11-2-5-12(18)6-3-11/h2-3,5-6,8H,4,7,9-10H2,1H3. The molecular formula is C17H16ClN5O5. The average molecular weight is 406 g/mol. The van der Waals surface area contributed by atoms with E-state index >= 15 is 0 Å². The molecule has 1 aliphatic heterocycles. The van der Waals surface area contributed by atoms with Crippen molar-refractivity contribution in [3.8, 4) is 6.01 Å². The van der Waals surface area contributed by atoms with E-state index in [0.29, 0.717) is 30.3 Å². The van der Waals surface area contributed by atoms with Gasteiger partial charge in [-0.3, -0.25) is 4.57 Å². The zero-order valence-electron chi connectivity index (χ0n) is 14.9. The molecule has 28 heavy (non-hydrogen) atoms. The van der Waals surface area contributed by atoms with Crippen LogP contribution in [0.2, 0.25) is 5.02 Å². The molecule has 0 fully saturated rings. The second-order valence-electron chi connectivity index (χ2n) is 6.86. The average Bonchev–Trinajstić information content (AvgIpc) is 3.26. The monoisotopic (exact) mass is 405 g/mol. The highest BCUT2D eigenvalue weighted by atomic mass is 35.5. The molecule has 2 aromatic heterocycles. The molecular weight excluding hydrogens is 390 g/mol. The lowest BCUT2D eigenvalue weighted by Crippen LogP contribution is -2.39. The maximum absolute atomic E-state index is 12.1. The van der Waals surface area contributed by atoms with E-state index in [4.69, 9.17) is 20.8 Å². The van der Waals surface area contributed by atoms with Gasteiger partial charge in [-0.15, -0.1) is 5.10 Å². The van der Waals surface area contributed by atoms with E-state index in [1.165, 1.54) is 10.9 Å². The Morgan fingerprint density at radius 2 is 2.07 bits per heavy atom. The maximum Gasteiger partial charge on any atom is 0.437 e. The third-order valence-electron chi connectivity index (χ3n) is 4.43. The number of fused-ring (bicyclic) bond motifs is 1. The molecule has 10 nitrogen and oxygen atoms in total. The number of aryl methyl sites for hydroxylation is 2. The Kier molecular flexibility index (Phi) is 4.42. The van der Waals surface area contributed by atoms with E-state index in [9.17, 15) is 14.9 Å². The van der Waals surface area contributed by atoms with Crippen molar-refractivity contribution in [3.05, 3.63) is 67.6 Å². The molecule has 0 aliphatic carbocycles. The van der Waals surface area contributed by atoms with Gasteiger partial charge in [0.15, 0.2) is 0 Å². The van der Waals surface area contributed by atoms with Crippen LogP contribution in [-0.4, -0.2) is 29.9 Å². The SMILES string of the molecule is CC1(Cn2nc(CCc3ccc(Cl)cc3)oc2=O)Cn2cc([N+](=O)[O-])nc2O1. The number of imidazole rings is 1. The fraction of sp³-hybridized carbons (Fsp3) is 0.353. The van der Waals surface area contributed by atoms with Crippen molar-refractivity contribution in [2.45, 2.75) is 38.5 Å². The molecule has 0 spiro atoms. The Morgan fingerprint density at radius 3 is 2.75 bits per heavy atom. The number of aromatic nitrogens is 4. The van der Waals surface area contributed by atoms with Gasteiger partial charge in [-0.05, 0) is 36.0 Å². The molecule has 3 aromatic rings. The van der Waals surface area contributed by atoms with Crippen molar-refractivity contribution in [3.63, 3.8) is 0 Å². The van der Waals surface area contributed by atoms with Crippen LogP contribution in [0.5, 0.6) is 6.01 Å². The fourth-order valence-corrected chi connectivity index (χ4v) is 3.26. The predicted octanol–water partition coefficient (Wildman–Crippen LogP) is 2.23. The smallest absolute Gasteiger partial charge is 0.436 e. The third-order valence-corrected chi connectivity index (χ3v) is 4.68. The van der Waals surface area contributed by atoms with Crippen LogP contribution in [0.15, 0.2) is 39.7 Å². The second-order valence-corrected chi connectivity index (χ2v) is 7.30. The van der Waals surface area contributed by atoms with Gasteiger partial charge in [-0.1, -0.05) is 23.7 Å². The molecule has 0 bridgehead atoms. The van der Waals surface area contributed by atoms with Gasteiger partial charge in [0.05, 0.1) is 13.1 Å². The largest absolute Gasteiger partial charge is 0.437 e. The van der Waals surface area contributed by atoms with E-state index in [-0.39, 0.29) is 18.4 Å². The normalized spacial score (nSPS) is 18.1. The Morgan fingerprint density at radius 1 is 1.32 bits per heavy atom. The molecule has 1 atom stereocenters. The molecule has 11 heteroatoms. The van der Waals surface area contributed by atoms with Gasteiger partial charge in [0, 0.05) is 16.4 Å². The summed E-state index contributed by atoms with van der Waals surface area (Å²) in [6.45, 7) is 2.22. The lowest BCUT2D eigenvalue weighted by molar-refractivity contribution is -0.389. The van der Waals surface area contributed by atoms with Crippen LogP contribution in [0.4, 0.5) is 5.82 Å². The van der Waals surface area contributed by atoms with E-state index in [2.05, 4.69) is 10.1 Å². The Hall–Kier alpha value is -3.14. The number of nitro groups is 1. The summed E-state index contributed by atoms with van der Waals surface area (Å²) in [4.78, 5) is 26.2. The van der Waals surface area contributed by atoms with E-state index < -0.39 is 16.3 Å². The lowest BCUT2D eigenvalue weighted by atomic mass is 10.1. The summed E-state index contributed by atoms with van der Waals surface area (Å²) in [5.41, 5.74) is 0.241. The maximum atomic E-state index is 12.1. The van der Waals surface area contributed by atoms with Gasteiger partial charge in [-0.25, -0.2) is 4.79 Å². The Bertz CT molecular complexity index is 1060. The number of rotatable bonds is 6. The minimum Gasteiger partial charge on any atom is -0.436 e. The van der Waals surface area contributed by atoms with Crippen LogP contribution >= 0.6 is 11.6 Å². The van der Waals surface area contributed by atoms with Crippen LogP contribution in [-0.2, 0) is 25.9 Å². The van der Waals surface area contributed by atoms with E-state index in [1.54, 1.807) is 23.6 Å². The molecule has 146 valence electrons. The molecule has 0 N–H and O–H groups in total.